The van der Waals surface area contributed by atoms with Gasteiger partial charge in [-0.2, -0.15) is 0 Å². The van der Waals surface area contributed by atoms with Crippen molar-refractivity contribution in [2.45, 2.75) is 50.6 Å². The number of hydrogen-bond donors (Lipinski definition) is 1. The standard InChI is InChI=1S/C21H23F2N5OS/c1-5-28-19(18-17(23)10-15(22)11-24-18)26-27-21(28)30-13(4)20(29)25-16-8-6-14(7-9-16)12(2)3/h6-13H,5H2,1-4H3,(H,25,29). The Morgan fingerprint density at radius 1 is 1.17 bits per heavy atom. The molecule has 3 rings (SSSR count). The Kier molecular flexibility index (Phi) is 6.81. The van der Waals surface area contributed by atoms with Crippen molar-refractivity contribution in [2.75, 3.05) is 5.32 Å². The van der Waals surface area contributed by atoms with E-state index in [2.05, 4.69) is 34.3 Å². The molecule has 9 heteroatoms. The Morgan fingerprint density at radius 2 is 1.87 bits per heavy atom. The van der Waals surface area contributed by atoms with E-state index in [-0.39, 0.29) is 17.4 Å². The van der Waals surface area contributed by atoms with Crippen molar-refractivity contribution in [1.82, 2.24) is 19.7 Å². The van der Waals surface area contributed by atoms with Crippen molar-refractivity contribution in [3.05, 3.63) is 53.7 Å². The van der Waals surface area contributed by atoms with Gasteiger partial charge in [-0.1, -0.05) is 37.7 Å². The van der Waals surface area contributed by atoms with Crippen molar-refractivity contribution in [3.8, 4) is 11.5 Å². The zero-order valence-electron chi connectivity index (χ0n) is 17.2. The van der Waals surface area contributed by atoms with E-state index in [0.29, 0.717) is 23.3 Å². The molecule has 1 N–H and O–H groups in total. The van der Waals surface area contributed by atoms with Crippen molar-refractivity contribution in [2.24, 2.45) is 0 Å². The van der Waals surface area contributed by atoms with Crippen molar-refractivity contribution in [1.29, 1.82) is 0 Å². The molecule has 6 nitrogen and oxygen atoms in total. The number of rotatable bonds is 7. The summed E-state index contributed by atoms with van der Waals surface area (Å²) in [5.74, 6) is -1.16. The van der Waals surface area contributed by atoms with Crippen LogP contribution >= 0.6 is 11.8 Å². The Bertz CT molecular complexity index is 1040. The fourth-order valence-corrected chi connectivity index (χ4v) is 3.74. The minimum absolute atomic E-state index is 0.0834. The molecule has 0 saturated carbocycles. The van der Waals surface area contributed by atoms with E-state index in [9.17, 15) is 13.6 Å². The summed E-state index contributed by atoms with van der Waals surface area (Å²) in [7, 11) is 0. The SMILES string of the molecule is CCn1c(SC(C)C(=O)Nc2ccc(C(C)C)cc2)nnc1-c1ncc(F)cc1F. The Labute approximate surface area is 178 Å². The van der Waals surface area contributed by atoms with Crippen LogP contribution in [0.2, 0.25) is 0 Å². The lowest BCUT2D eigenvalue weighted by Gasteiger charge is -2.13. The lowest BCUT2D eigenvalue weighted by Crippen LogP contribution is -2.23. The summed E-state index contributed by atoms with van der Waals surface area (Å²) in [5, 5.41) is 11.0. The van der Waals surface area contributed by atoms with Crippen LogP contribution in [0.25, 0.3) is 11.5 Å². The topological polar surface area (TPSA) is 72.7 Å². The minimum Gasteiger partial charge on any atom is -0.325 e. The van der Waals surface area contributed by atoms with E-state index in [1.165, 1.54) is 17.3 Å². The number of thioether (sulfide) groups is 1. The molecule has 1 unspecified atom stereocenters. The van der Waals surface area contributed by atoms with Crippen LogP contribution in [0.3, 0.4) is 0 Å². The molecule has 1 aromatic carbocycles. The fourth-order valence-electron chi connectivity index (χ4n) is 2.82. The van der Waals surface area contributed by atoms with E-state index < -0.39 is 16.9 Å². The van der Waals surface area contributed by atoms with Crippen LogP contribution < -0.4 is 5.32 Å². The Balaban J connectivity index is 1.74. The lowest BCUT2D eigenvalue weighted by molar-refractivity contribution is -0.115. The summed E-state index contributed by atoms with van der Waals surface area (Å²) in [5.41, 5.74) is 1.83. The molecular formula is C21H23F2N5OS. The van der Waals surface area contributed by atoms with Crippen LogP contribution in [-0.4, -0.2) is 30.9 Å². The average Bonchev–Trinajstić information content (AvgIpc) is 3.10. The van der Waals surface area contributed by atoms with Gasteiger partial charge in [-0.25, -0.2) is 13.8 Å². The number of carbonyl (C=O) groups excluding carboxylic acids is 1. The first-order valence-electron chi connectivity index (χ1n) is 9.62. The third kappa shape index (κ3) is 4.84. The molecule has 0 aliphatic carbocycles. The van der Waals surface area contributed by atoms with Gasteiger partial charge in [0.05, 0.1) is 11.4 Å². The summed E-state index contributed by atoms with van der Waals surface area (Å²) in [4.78, 5) is 16.4. The first-order valence-corrected chi connectivity index (χ1v) is 10.5. The average molecular weight is 432 g/mol. The molecule has 158 valence electrons. The van der Waals surface area contributed by atoms with Gasteiger partial charge in [0.1, 0.15) is 11.5 Å². The molecule has 0 aliphatic heterocycles. The highest BCUT2D eigenvalue weighted by molar-refractivity contribution is 8.00. The Hall–Kier alpha value is -2.81. The number of halogens is 2. The monoisotopic (exact) mass is 431 g/mol. The zero-order valence-corrected chi connectivity index (χ0v) is 18.0. The molecule has 2 heterocycles. The molecular weight excluding hydrogens is 408 g/mol. The van der Waals surface area contributed by atoms with E-state index in [4.69, 9.17) is 0 Å². The molecule has 30 heavy (non-hydrogen) atoms. The summed E-state index contributed by atoms with van der Waals surface area (Å²) in [6.07, 6.45) is 0.931. The third-order valence-corrected chi connectivity index (χ3v) is 5.63. The van der Waals surface area contributed by atoms with Gasteiger partial charge in [0.15, 0.2) is 16.8 Å². The van der Waals surface area contributed by atoms with Crippen LogP contribution in [0.5, 0.6) is 0 Å². The van der Waals surface area contributed by atoms with E-state index in [0.717, 1.165) is 12.3 Å². The zero-order chi connectivity index (χ0) is 21.8. The maximum absolute atomic E-state index is 14.1. The van der Waals surface area contributed by atoms with Crippen LogP contribution in [-0.2, 0) is 11.3 Å². The molecule has 3 aromatic rings. The highest BCUT2D eigenvalue weighted by atomic mass is 32.2. The fraction of sp³-hybridized carbons (Fsp3) is 0.333. The molecule has 0 aliphatic rings. The molecule has 1 amide bonds. The molecule has 0 radical (unpaired) electrons. The second-order valence-corrected chi connectivity index (χ2v) is 8.37. The predicted molar refractivity (Wildman–Crippen MR) is 113 cm³/mol. The second-order valence-electron chi connectivity index (χ2n) is 7.06. The van der Waals surface area contributed by atoms with Crippen LogP contribution in [0.4, 0.5) is 14.5 Å². The molecule has 1 atom stereocenters. The third-order valence-electron chi connectivity index (χ3n) is 4.55. The maximum atomic E-state index is 14.1. The number of benzene rings is 1. The van der Waals surface area contributed by atoms with Gasteiger partial charge in [0.25, 0.3) is 0 Å². The largest absolute Gasteiger partial charge is 0.325 e. The number of nitrogens with one attached hydrogen (secondary N) is 1. The summed E-state index contributed by atoms with van der Waals surface area (Å²) >= 11 is 1.21. The first-order chi connectivity index (χ1) is 14.3. The van der Waals surface area contributed by atoms with Gasteiger partial charge in [-0.15, -0.1) is 10.2 Å². The first kappa shape index (κ1) is 21.9. The Morgan fingerprint density at radius 3 is 2.47 bits per heavy atom. The summed E-state index contributed by atoms with van der Waals surface area (Å²) in [6.45, 7) is 8.26. The number of amides is 1. The van der Waals surface area contributed by atoms with E-state index in [1.54, 1.807) is 11.5 Å². The molecule has 0 spiro atoms. The van der Waals surface area contributed by atoms with Gasteiger partial charge in [0.2, 0.25) is 5.91 Å². The van der Waals surface area contributed by atoms with Gasteiger partial charge < -0.3 is 9.88 Å². The highest BCUT2D eigenvalue weighted by Crippen LogP contribution is 2.28. The van der Waals surface area contributed by atoms with Gasteiger partial charge in [-0.3, -0.25) is 4.79 Å². The molecule has 0 fully saturated rings. The number of hydrogen-bond acceptors (Lipinski definition) is 5. The van der Waals surface area contributed by atoms with Crippen molar-refractivity contribution in [3.63, 3.8) is 0 Å². The smallest absolute Gasteiger partial charge is 0.237 e. The molecule has 2 aromatic heterocycles. The van der Waals surface area contributed by atoms with Crippen LogP contribution in [0.1, 0.15) is 39.2 Å². The van der Waals surface area contributed by atoms with Crippen molar-refractivity contribution < 1.29 is 13.6 Å². The number of nitrogens with zero attached hydrogens (tertiary/aromatic N) is 4. The lowest BCUT2D eigenvalue weighted by atomic mass is 10.0. The number of carbonyl (C=O) groups is 1. The van der Waals surface area contributed by atoms with Crippen LogP contribution in [0, 0.1) is 11.6 Å². The van der Waals surface area contributed by atoms with E-state index >= 15 is 0 Å². The minimum atomic E-state index is -0.815. The molecule has 0 saturated heterocycles. The van der Waals surface area contributed by atoms with E-state index in [1.807, 2.05) is 31.2 Å². The van der Waals surface area contributed by atoms with Crippen molar-refractivity contribution >= 4 is 23.4 Å². The number of aromatic nitrogens is 4. The number of pyridine rings is 1. The van der Waals surface area contributed by atoms with Gasteiger partial charge in [0, 0.05) is 18.3 Å². The second kappa shape index (κ2) is 9.34. The van der Waals surface area contributed by atoms with Crippen LogP contribution in [0.15, 0.2) is 41.7 Å². The highest BCUT2D eigenvalue weighted by Gasteiger charge is 2.22. The number of anilines is 1. The summed E-state index contributed by atoms with van der Waals surface area (Å²) < 4.78 is 28.9. The predicted octanol–water partition coefficient (Wildman–Crippen LogP) is 4.88. The normalized spacial score (nSPS) is 12.2. The maximum Gasteiger partial charge on any atom is 0.237 e. The quantitative estimate of drug-likeness (QED) is 0.540. The van der Waals surface area contributed by atoms with Gasteiger partial charge >= 0.3 is 0 Å². The molecule has 0 bridgehead atoms. The summed E-state index contributed by atoms with van der Waals surface area (Å²) in [6, 6.07) is 8.48. The van der Waals surface area contributed by atoms with Gasteiger partial charge in [-0.05, 0) is 37.5 Å².